The maximum atomic E-state index is 11.2. The van der Waals surface area contributed by atoms with Crippen LogP contribution in [0.5, 0.6) is 17.2 Å². The molecule has 0 amide bonds. The molecule has 0 saturated carbocycles. The summed E-state index contributed by atoms with van der Waals surface area (Å²) in [4.78, 5) is 11.2. The van der Waals surface area contributed by atoms with Gasteiger partial charge in [0, 0.05) is 18.5 Å². The lowest BCUT2D eigenvalue weighted by atomic mass is 10.2. The number of rotatable bonds is 6. The van der Waals surface area contributed by atoms with Gasteiger partial charge in [-0.05, 0) is 38.2 Å². The molecule has 0 saturated heterocycles. The van der Waals surface area contributed by atoms with Gasteiger partial charge < -0.3 is 19.5 Å². The van der Waals surface area contributed by atoms with Gasteiger partial charge in [-0.3, -0.25) is 10.2 Å². The SMILES string of the molecule is COc1cc(/C=N/NC(=S)NC(C)C)cc(OC)c1OC(C)=O. The van der Waals surface area contributed by atoms with Crippen LogP contribution in [0.1, 0.15) is 26.3 Å². The van der Waals surface area contributed by atoms with E-state index in [4.69, 9.17) is 26.4 Å². The average Bonchev–Trinajstić information content (AvgIpc) is 2.46. The molecule has 0 aromatic heterocycles. The van der Waals surface area contributed by atoms with E-state index in [1.165, 1.54) is 21.1 Å². The zero-order chi connectivity index (χ0) is 17.4. The number of carbonyl (C=O) groups is 1. The fraction of sp³-hybridized carbons (Fsp3) is 0.400. The molecule has 0 spiro atoms. The molecule has 0 atom stereocenters. The number of thiocarbonyl (C=S) groups is 1. The van der Waals surface area contributed by atoms with Gasteiger partial charge in [-0.1, -0.05) is 0 Å². The molecule has 0 fully saturated rings. The minimum atomic E-state index is -0.463. The van der Waals surface area contributed by atoms with Crippen LogP contribution in [0.15, 0.2) is 17.2 Å². The molecule has 0 aliphatic rings. The normalized spacial score (nSPS) is 10.5. The third-order valence-electron chi connectivity index (χ3n) is 2.53. The second-order valence-electron chi connectivity index (χ2n) is 4.85. The Morgan fingerprint density at radius 1 is 1.26 bits per heavy atom. The van der Waals surface area contributed by atoms with Crippen LogP contribution in [0, 0.1) is 0 Å². The zero-order valence-corrected chi connectivity index (χ0v) is 14.6. The molecular formula is C15H21N3O4S. The van der Waals surface area contributed by atoms with Crippen LogP contribution in [0.2, 0.25) is 0 Å². The van der Waals surface area contributed by atoms with Crippen LogP contribution in [0.4, 0.5) is 0 Å². The molecule has 0 heterocycles. The Balaban J connectivity index is 2.96. The number of hydrogen-bond donors (Lipinski definition) is 2. The quantitative estimate of drug-likeness (QED) is 0.269. The van der Waals surface area contributed by atoms with Crippen molar-refractivity contribution < 1.29 is 19.0 Å². The van der Waals surface area contributed by atoms with Gasteiger partial charge in [0.05, 0.1) is 20.4 Å². The maximum Gasteiger partial charge on any atom is 0.308 e. The van der Waals surface area contributed by atoms with E-state index in [-0.39, 0.29) is 11.8 Å². The van der Waals surface area contributed by atoms with Crippen LogP contribution < -0.4 is 25.0 Å². The largest absolute Gasteiger partial charge is 0.493 e. The Morgan fingerprint density at radius 3 is 2.26 bits per heavy atom. The zero-order valence-electron chi connectivity index (χ0n) is 13.8. The molecule has 7 nitrogen and oxygen atoms in total. The number of esters is 1. The Bertz CT molecular complexity index is 577. The Labute approximate surface area is 141 Å². The monoisotopic (exact) mass is 339 g/mol. The van der Waals surface area contributed by atoms with Crippen LogP contribution in [-0.2, 0) is 4.79 Å². The summed E-state index contributed by atoms with van der Waals surface area (Å²) in [5.41, 5.74) is 3.40. The van der Waals surface area contributed by atoms with Gasteiger partial charge >= 0.3 is 5.97 Å². The van der Waals surface area contributed by atoms with Crippen LogP contribution in [0.3, 0.4) is 0 Å². The highest BCUT2D eigenvalue weighted by Crippen LogP contribution is 2.38. The highest BCUT2D eigenvalue weighted by molar-refractivity contribution is 7.80. The molecule has 126 valence electrons. The number of benzene rings is 1. The lowest BCUT2D eigenvalue weighted by molar-refractivity contribution is -0.132. The van der Waals surface area contributed by atoms with E-state index in [9.17, 15) is 4.79 Å². The smallest absolute Gasteiger partial charge is 0.308 e. The number of ether oxygens (including phenoxy) is 3. The van der Waals surface area contributed by atoms with Gasteiger partial charge in [0.25, 0.3) is 0 Å². The molecule has 2 N–H and O–H groups in total. The lowest BCUT2D eigenvalue weighted by Crippen LogP contribution is -2.36. The summed E-state index contributed by atoms with van der Waals surface area (Å²) in [6.45, 7) is 5.25. The summed E-state index contributed by atoms with van der Waals surface area (Å²) in [6.07, 6.45) is 1.55. The summed E-state index contributed by atoms with van der Waals surface area (Å²) >= 11 is 5.07. The lowest BCUT2D eigenvalue weighted by Gasteiger charge is -2.13. The van der Waals surface area contributed by atoms with Crippen molar-refractivity contribution in [3.8, 4) is 17.2 Å². The number of hydrogen-bond acceptors (Lipinski definition) is 6. The first-order chi connectivity index (χ1) is 10.9. The van der Waals surface area contributed by atoms with E-state index in [0.717, 1.165) is 0 Å². The highest BCUT2D eigenvalue weighted by atomic mass is 32.1. The van der Waals surface area contributed by atoms with Gasteiger partial charge in [0.2, 0.25) is 5.75 Å². The summed E-state index contributed by atoms with van der Waals surface area (Å²) in [7, 11) is 2.95. The second kappa shape index (κ2) is 8.94. The summed E-state index contributed by atoms with van der Waals surface area (Å²) in [5, 5.41) is 7.47. The highest BCUT2D eigenvalue weighted by Gasteiger charge is 2.15. The van der Waals surface area contributed by atoms with Gasteiger partial charge in [0.1, 0.15) is 0 Å². The third-order valence-corrected chi connectivity index (χ3v) is 2.74. The van der Waals surface area contributed by atoms with Gasteiger partial charge in [0.15, 0.2) is 16.6 Å². The predicted octanol–water partition coefficient (Wildman–Crippen LogP) is 1.84. The molecule has 1 aromatic rings. The van der Waals surface area contributed by atoms with Gasteiger partial charge in [-0.2, -0.15) is 5.10 Å². The van der Waals surface area contributed by atoms with Crippen LogP contribution in [-0.4, -0.2) is 37.6 Å². The van der Waals surface area contributed by atoms with E-state index < -0.39 is 5.97 Å². The van der Waals surface area contributed by atoms with Crippen molar-refractivity contribution in [2.45, 2.75) is 26.8 Å². The van der Waals surface area contributed by atoms with E-state index in [0.29, 0.717) is 22.2 Å². The Hall–Kier alpha value is -2.35. The van der Waals surface area contributed by atoms with Crippen LogP contribution >= 0.6 is 12.2 Å². The Morgan fingerprint density at radius 2 is 1.83 bits per heavy atom. The van der Waals surface area contributed by atoms with Crippen molar-refractivity contribution in [3.05, 3.63) is 17.7 Å². The van der Waals surface area contributed by atoms with E-state index in [1.807, 2.05) is 13.8 Å². The average molecular weight is 339 g/mol. The fourth-order valence-corrected chi connectivity index (χ4v) is 1.97. The minimum absolute atomic E-state index is 0.216. The minimum Gasteiger partial charge on any atom is -0.493 e. The number of methoxy groups -OCH3 is 2. The standard InChI is InChI=1S/C15H21N3O4S/c1-9(2)17-15(23)18-16-8-11-6-12(20-4)14(22-10(3)19)13(7-11)21-5/h6-9H,1-5H3,(H2,17,18,23)/b16-8+. The first-order valence-electron chi connectivity index (χ1n) is 6.91. The number of hydrazone groups is 1. The molecule has 0 aliphatic heterocycles. The van der Waals surface area contributed by atoms with Crippen molar-refractivity contribution in [1.29, 1.82) is 0 Å². The number of nitrogens with one attached hydrogen (secondary N) is 2. The fourth-order valence-electron chi connectivity index (χ4n) is 1.68. The van der Waals surface area contributed by atoms with E-state index in [2.05, 4.69) is 15.8 Å². The van der Waals surface area contributed by atoms with Crippen molar-refractivity contribution in [1.82, 2.24) is 10.7 Å². The maximum absolute atomic E-state index is 11.2. The van der Waals surface area contributed by atoms with E-state index >= 15 is 0 Å². The predicted molar refractivity (Wildman–Crippen MR) is 92.5 cm³/mol. The summed E-state index contributed by atoms with van der Waals surface area (Å²) in [6, 6.07) is 3.56. The van der Waals surface area contributed by atoms with E-state index in [1.54, 1.807) is 18.3 Å². The molecule has 1 aromatic carbocycles. The van der Waals surface area contributed by atoms with Gasteiger partial charge in [-0.15, -0.1) is 0 Å². The number of carbonyl (C=O) groups excluding carboxylic acids is 1. The second-order valence-corrected chi connectivity index (χ2v) is 5.25. The first kappa shape index (κ1) is 18.7. The molecule has 0 unspecified atom stereocenters. The number of nitrogens with zero attached hydrogens (tertiary/aromatic N) is 1. The Kier molecular flexibility index (Phi) is 7.27. The molecule has 0 bridgehead atoms. The van der Waals surface area contributed by atoms with Gasteiger partial charge in [-0.25, -0.2) is 0 Å². The molecule has 8 heteroatoms. The summed E-state index contributed by atoms with van der Waals surface area (Å²) < 4.78 is 15.6. The summed E-state index contributed by atoms with van der Waals surface area (Å²) in [5.74, 6) is 0.493. The topological polar surface area (TPSA) is 81.2 Å². The third kappa shape index (κ3) is 6.11. The van der Waals surface area contributed by atoms with Crippen molar-refractivity contribution in [2.75, 3.05) is 14.2 Å². The molecule has 0 radical (unpaired) electrons. The van der Waals surface area contributed by atoms with Crippen molar-refractivity contribution >= 4 is 29.5 Å². The molecule has 1 rings (SSSR count). The molecule has 23 heavy (non-hydrogen) atoms. The molecule has 0 aliphatic carbocycles. The molecular weight excluding hydrogens is 318 g/mol. The van der Waals surface area contributed by atoms with Crippen LogP contribution in [0.25, 0.3) is 0 Å². The van der Waals surface area contributed by atoms with Crippen molar-refractivity contribution in [3.63, 3.8) is 0 Å². The first-order valence-corrected chi connectivity index (χ1v) is 7.32. The van der Waals surface area contributed by atoms with Crippen molar-refractivity contribution in [2.24, 2.45) is 5.10 Å².